The molecule has 0 fully saturated rings. The monoisotopic (exact) mass is 965 g/mol. The van der Waals surface area contributed by atoms with E-state index in [4.69, 9.17) is 18.9 Å². The molecule has 0 amide bonds. The minimum absolute atomic E-state index is 0.0785. The van der Waals surface area contributed by atoms with Crippen LogP contribution in [0.2, 0.25) is 0 Å². The van der Waals surface area contributed by atoms with Gasteiger partial charge in [-0.3, -0.25) is 0 Å². The summed E-state index contributed by atoms with van der Waals surface area (Å²) in [6.07, 6.45) is 18.2. The first-order valence-corrected chi connectivity index (χ1v) is 26.3. The van der Waals surface area contributed by atoms with E-state index in [2.05, 4.69) is 50.2 Å². The molecule has 0 aliphatic carbocycles. The van der Waals surface area contributed by atoms with E-state index in [1.165, 1.54) is 32.1 Å². The highest BCUT2D eigenvalue weighted by molar-refractivity contribution is 5.91. The molecular formula is C63H74F2O6. The lowest BCUT2D eigenvalue weighted by Gasteiger charge is -2.14. The minimum Gasteiger partial charge on any atom is -0.494 e. The van der Waals surface area contributed by atoms with Gasteiger partial charge in [0.2, 0.25) is 0 Å². The number of carbonyl (C=O) groups is 2. The van der Waals surface area contributed by atoms with Crippen molar-refractivity contribution in [2.75, 3.05) is 13.2 Å². The molecule has 2 atom stereocenters. The Labute approximate surface area is 422 Å². The van der Waals surface area contributed by atoms with Gasteiger partial charge in [-0.15, -0.1) is 0 Å². The van der Waals surface area contributed by atoms with Crippen molar-refractivity contribution in [1.29, 1.82) is 0 Å². The molecule has 8 heteroatoms. The molecule has 0 unspecified atom stereocenters. The summed E-state index contributed by atoms with van der Waals surface area (Å²) in [5.41, 5.74) is 6.69. The number of halogens is 2. The molecule has 71 heavy (non-hydrogen) atoms. The third-order valence-electron chi connectivity index (χ3n) is 13.1. The summed E-state index contributed by atoms with van der Waals surface area (Å²) >= 11 is 0. The lowest BCUT2D eigenvalue weighted by atomic mass is 9.98. The van der Waals surface area contributed by atoms with Crippen LogP contribution in [0.15, 0.2) is 133 Å². The molecular weight excluding hydrogens is 891 g/mol. The summed E-state index contributed by atoms with van der Waals surface area (Å²) < 4.78 is 54.1. The molecule has 0 saturated heterocycles. The van der Waals surface area contributed by atoms with E-state index >= 15 is 8.78 Å². The zero-order valence-electron chi connectivity index (χ0n) is 42.5. The maximum atomic E-state index is 15.4. The third-order valence-corrected chi connectivity index (χ3v) is 13.1. The number of esters is 2. The number of ether oxygens (including phenoxy) is 4. The summed E-state index contributed by atoms with van der Waals surface area (Å²) in [7, 11) is 0. The molecule has 6 aromatic rings. The second kappa shape index (κ2) is 29.2. The standard InChI is InChI=1S/C63H74F2O6/c1-5-7-9-16-20-46(3)70-62(66)54-30-26-50(27-31-54)48-22-24-49(25-23-48)51-34-38-56(39-35-51)68-44-18-14-12-11-13-15-19-45-69-57-40-36-53(37-41-57)59-43-42-58(60(64)61(59)65)52-28-32-55(33-29-52)63(67)71-47(4)21-17-10-8-6-2/h22-43,46-47H,5-21,44-45H2,1-4H3/t46-,47-/m0/s1. The predicted octanol–water partition coefficient (Wildman–Crippen LogP) is 17.9. The average molecular weight is 965 g/mol. The molecule has 0 aromatic heterocycles. The van der Waals surface area contributed by atoms with Crippen LogP contribution in [-0.2, 0) is 9.47 Å². The second-order valence-corrected chi connectivity index (χ2v) is 18.9. The molecule has 0 radical (unpaired) electrons. The van der Waals surface area contributed by atoms with Crippen molar-refractivity contribution in [3.05, 3.63) is 156 Å². The first kappa shape index (κ1) is 54.1. The first-order valence-electron chi connectivity index (χ1n) is 26.3. The van der Waals surface area contributed by atoms with Gasteiger partial charge in [0.25, 0.3) is 0 Å². The Morgan fingerprint density at radius 2 is 0.676 bits per heavy atom. The van der Waals surface area contributed by atoms with Gasteiger partial charge in [0.15, 0.2) is 11.6 Å². The highest BCUT2D eigenvalue weighted by Crippen LogP contribution is 2.33. The number of hydrogen-bond donors (Lipinski definition) is 0. The Balaban J connectivity index is 0.818. The lowest BCUT2D eigenvalue weighted by molar-refractivity contribution is 0.0309. The Morgan fingerprint density at radius 1 is 0.380 bits per heavy atom. The molecule has 0 spiro atoms. The molecule has 6 rings (SSSR count). The molecule has 6 aromatic carbocycles. The number of carbonyl (C=O) groups excluding carboxylic acids is 2. The van der Waals surface area contributed by atoms with Gasteiger partial charge in [0, 0.05) is 11.1 Å². The molecule has 6 nitrogen and oxygen atoms in total. The minimum atomic E-state index is -0.936. The maximum absolute atomic E-state index is 15.4. The van der Waals surface area contributed by atoms with Gasteiger partial charge >= 0.3 is 11.9 Å². The average Bonchev–Trinajstić information content (AvgIpc) is 3.39. The highest BCUT2D eigenvalue weighted by Gasteiger charge is 2.18. The van der Waals surface area contributed by atoms with Gasteiger partial charge in [-0.1, -0.05) is 169 Å². The van der Waals surface area contributed by atoms with E-state index in [0.29, 0.717) is 41.2 Å². The first-order chi connectivity index (χ1) is 34.6. The topological polar surface area (TPSA) is 71.1 Å². The largest absolute Gasteiger partial charge is 0.494 e. The van der Waals surface area contributed by atoms with Crippen LogP contribution in [0.3, 0.4) is 0 Å². The fourth-order valence-electron chi connectivity index (χ4n) is 8.71. The summed E-state index contributed by atoms with van der Waals surface area (Å²) in [6, 6.07) is 41.0. The maximum Gasteiger partial charge on any atom is 0.338 e. The van der Waals surface area contributed by atoms with E-state index in [1.54, 1.807) is 60.7 Å². The summed E-state index contributed by atoms with van der Waals surface area (Å²) in [5.74, 6) is -0.975. The van der Waals surface area contributed by atoms with Crippen LogP contribution in [0.25, 0.3) is 44.5 Å². The van der Waals surface area contributed by atoms with E-state index < -0.39 is 17.6 Å². The van der Waals surface area contributed by atoms with Crippen molar-refractivity contribution in [3.63, 3.8) is 0 Å². The molecule has 0 aliphatic heterocycles. The summed E-state index contributed by atoms with van der Waals surface area (Å²) in [6.45, 7) is 9.51. The van der Waals surface area contributed by atoms with Crippen molar-refractivity contribution < 1.29 is 37.3 Å². The molecule has 0 heterocycles. The van der Waals surface area contributed by atoms with Crippen LogP contribution in [0.4, 0.5) is 8.78 Å². The molecule has 376 valence electrons. The van der Waals surface area contributed by atoms with Gasteiger partial charge in [-0.25, -0.2) is 18.4 Å². The lowest BCUT2D eigenvalue weighted by Crippen LogP contribution is -2.15. The van der Waals surface area contributed by atoms with Crippen LogP contribution in [0.5, 0.6) is 11.5 Å². The highest BCUT2D eigenvalue weighted by atomic mass is 19.2. The zero-order valence-corrected chi connectivity index (χ0v) is 42.5. The Kier molecular flexibility index (Phi) is 22.2. The van der Waals surface area contributed by atoms with E-state index in [1.807, 2.05) is 50.2 Å². The number of benzene rings is 6. The van der Waals surface area contributed by atoms with Crippen LogP contribution in [0, 0.1) is 11.6 Å². The van der Waals surface area contributed by atoms with Crippen LogP contribution >= 0.6 is 0 Å². The van der Waals surface area contributed by atoms with Gasteiger partial charge in [0.1, 0.15) is 11.5 Å². The van der Waals surface area contributed by atoms with Crippen LogP contribution in [0.1, 0.15) is 158 Å². The van der Waals surface area contributed by atoms with Gasteiger partial charge in [-0.2, -0.15) is 0 Å². The summed E-state index contributed by atoms with van der Waals surface area (Å²) in [5, 5.41) is 0. The molecule has 0 bridgehead atoms. The molecule has 0 N–H and O–H groups in total. The molecule has 0 saturated carbocycles. The van der Waals surface area contributed by atoms with Crippen molar-refractivity contribution >= 4 is 11.9 Å². The number of unbranched alkanes of at least 4 members (excludes halogenated alkanes) is 12. The SMILES string of the molecule is CCCCCC[C@H](C)OC(=O)c1ccc(-c2ccc(-c3ccc(OCCCCCCCCCOc4ccc(-c5ccc(-c6ccc(C(=O)O[C@@H](C)CCCCCC)cc6)c(F)c5F)cc4)cc3)cc2)cc1. The predicted molar refractivity (Wildman–Crippen MR) is 285 cm³/mol. The van der Waals surface area contributed by atoms with Gasteiger partial charge < -0.3 is 18.9 Å². The summed E-state index contributed by atoms with van der Waals surface area (Å²) in [4.78, 5) is 25.3. The fourth-order valence-corrected chi connectivity index (χ4v) is 8.71. The fraction of sp³-hybridized carbons (Fsp3) is 0.397. The Morgan fingerprint density at radius 3 is 1.04 bits per heavy atom. The van der Waals surface area contributed by atoms with E-state index in [0.717, 1.165) is 105 Å². The van der Waals surface area contributed by atoms with Gasteiger partial charge in [-0.05, 0) is 134 Å². The quantitative estimate of drug-likeness (QED) is 0.0331. The Hall–Kier alpha value is -6.28. The van der Waals surface area contributed by atoms with Crippen LogP contribution < -0.4 is 9.47 Å². The van der Waals surface area contributed by atoms with E-state index in [9.17, 15) is 9.59 Å². The Bertz CT molecular complexity index is 2500. The third kappa shape index (κ3) is 17.2. The van der Waals surface area contributed by atoms with E-state index in [-0.39, 0.29) is 29.3 Å². The smallest absolute Gasteiger partial charge is 0.338 e. The van der Waals surface area contributed by atoms with Crippen molar-refractivity contribution in [3.8, 4) is 56.0 Å². The zero-order chi connectivity index (χ0) is 50.2. The number of hydrogen-bond acceptors (Lipinski definition) is 6. The van der Waals surface area contributed by atoms with Crippen molar-refractivity contribution in [1.82, 2.24) is 0 Å². The van der Waals surface area contributed by atoms with Crippen molar-refractivity contribution in [2.24, 2.45) is 0 Å². The molecule has 0 aliphatic rings. The number of rotatable bonds is 30. The second-order valence-electron chi connectivity index (χ2n) is 18.9. The van der Waals surface area contributed by atoms with Crippen LogP contribution in [-0.4, -0.2) is 37.4 Å². The normalized spacial score (nSPS) is 12.0. The van der Waals surface area contributed by atoms with Gasteiger partial charge in [0.05, 0.1) is 36.5 Å². The van der Waals surface area contributed by atoms with Crippen molar-refractivity contribution in [2.45, 2.75) is 149 Å².